The minimum absolute atomic E-state index is 0.110. The smallest absolute Gasteiger partial charge is 0.254 e. The van der Waals surface area contributed by atoms with Crippen LogP contribution in [0.5, 0.6) is 5.75 Å². The number of phenolic OH excluding ortho intramolecular Hbond substituents is 1. The molecule has 1 atom stereocenters. The topological polar surface area (TPSA) is 69.6 Å². The minimum atomic E-state index is -0.521. The highest BCUT2D eigenvalue weighted by Crippen LogP contribution is 2.17. The summed E-state index contributed by atoms with van der Waals surface area (Å²) in [6.07, 6.45) is 0.483. The van der Waals surface area contributed by atoms with Crippen LogP contribution in [0.4, 0.5) is 0 Å². The van der Waals surface area contributed by atoms with Gasteiger partial charge in [0.2, 0.25) is 5.91 Å². The Kier molecular flexibility index (Phi) is 4.28. The van der Waals surface area contributed by atoms with Crippen molar-refractivity contribution in [2.24, 2.45) is 0 Å². The van der Waals surface area contributed by atoms with Crippen molar-refractivity contribution in [2.75, 3.05) is 13.1 Å². The first-order chi connectivity index (χ1) is 11.1. The molecule has 0 radical (unpaired) electrons. The van der Waals surface area contributed by atoms with E-state index in [1.807, 2.05) is 30.3 Å². The normalized spacial score (nSPS) is 17.7. The summed E-state index contributed by atoms with van der Waals surface area (Å²) >= 11 is 0. The van der Waals surface area contributed by atoms with Gasteiger partial charge in [-0.3, -0.25) is 9.59 Å². The molecule has 2 N–H and O–H groups in total. The van der Waals surface area contributed by atoms with Crippen LogP contribution in [0, 0.1) is 0 Å². The maximum Gasteiger partial charge on any atom is 0.254 e. The quantitative estimate of drug-likeness (QED) is 0.904. The molecule has 2 aromatic carbocycles. The van der Waals surface area contributed by atoms with Crippen molar-refractivity contribution in [1.29, 1.82) is 0 Å². The van der Waals surface area contributed by atoms with Gasteiger partial charge in [-0.15, -0.1) is 0 Å². The summed E-state index contributed by atoms with van der Waals surface area (Å²) in [6.45, 7) is 0.927. The van der Waals surface area contributed by atoms with E-state index in [0.29, 0.717) is 25.1 Å². The Morgan fingerprint density at radius 1 is 1.13 bits per heavy atom. The van der Waals surface area contributed by atoms with Gasteiger partial charge in [-0.1, -0.05) is 30.3 Å². The van der Waals surface area contributed by atoms with Crippen molar-refractivity contribution in [1.82, 2.24) is 10.2 Å². The molecule has 1 saturated heterocycles. The highest BCUT2D eigenvalue weighted by molar-refractivity contribution is 5.98. The number of nitrogens with one attached hydrogen (secondary N) is 1. The maximum atomic E-state index is 12.7. The molecule has 118 valence electrons. The Bertz CT molecular complexity index is 698. The minimum Gasteiger partial charge on any atom is -0.508 e. The molecule has 0 aliphatic carbocycles. The molecule has 0 aromatic heterocycles. The number of piperazine rings is 1. The fraction of sp³-hybridized carbons (Fsp3) is 0.222. The van der Waals surface area contributed by atoms with Crippen LogP contribution in [0.15, 0.2) is 54.6 Å². The largest absolute Gasteiger partial charge is 0.508 e. The molecule has 2 amide bonds. The van der Waals surface area contributed by atoms with Crippen LogP contribution in [0.1, 0.15) is 15.9 Å². The summed E-state index contributed by atoms with van der Waals surface area (Å²) in [7, 11) is 0. The van der Waals surface area contributed by atoms with Crippen LogP contribution >= 0.6 is 0 Å². The van der Waals surface area contributed by atoms with E-state index < -0.39 is 6.04 Å². The zero-order valence-corrected chi connectivity index (χ0v) is 12.6. The van der Waals surface area contributed by atoms with E-state index in [4.69, 9.17) is 0 Å². The fourth-order valence-corrected chi connectivity index (χ4v) is 2.77. The van der Waals surface area contributed by atoms with Crippen molar-refractivity contribution in [3.63, 3.8) is 0 Å². The SMILES string of the molecule is O=C1NCCN(C(=O)c2ccc(O)cc2)C1Cc1ccccc1. The molecule has 0 bridgehead atoms. The first kappa shape index (κ1) is 15.1. The Labute approximate surface area is 134 Å². The monoisotopic (exact) mass is 310 g/mol. The number of nitrogens with zero attached hydrogens (tertiary/aromatic N) is 1. The van der Waals surface area contributed by atoms with Gasteiger partial charge in [-0.2, -0.15) is 0 Å². The van der Waals surface area contributed by atoms with Crippen LogP contribution in [-0.2, 0) is 11.2 Å². The summed E-state index contributed by atoms with van der Waals surface area (Å²) in [5.74, 6) is -0.216. The van der Waals surface area contributed by atoms with Gasteiger partial charge in [0.1, 0.15) is 11.8 Å². The number of hydrogen-bond donors (Lipinski definition) is 2. The molecule has 0 saturated carbocycles. The second-order valence-corrected chi connectivity index (χ2v) is 5.54. The van der Waals surface area contributed by atoms with E-state index >= 15 is 0 Å². The third-order valence-corrected chi connectivity index (χ3v) is 3.98. The number of amides is 2. The number of carbonyl (C=O) groups is 2. The Morgan fingerprint density at radius 2 is 1.83 bits per heavy atom. The molecular formula is C18H18N2O3. The van der Waals surface area contributed by atoms with Crippen molar-refractivity contribution in [3.05, 3.63) is 65.7 Å². The first-order valence-corrected chi connectivity index (χ1v) is 7.57. The number of phenols is 1. The summed E-state index contributed by atoms with van der Waals surface area (Å²) in [6, 6.07) is 15.2. The molecule has 1 aliphatic heterocycles. The van der Waals surface area contributed by atoms with Gasteiger partial charge in [0.25, 0.3) is 5.91 Å². The molecule has 0 spiro atoms. The molecule has 5 heteroatoms. The summed E-state index contributed by atoms with van der Waals surface area (Å²) in [4.78, 5) is 26.6. The summed E-state index contributed by atoms with van der Waals surface area (Å²) in [5.41, 5.74) is 1.48. The van der Waals surface area contributed by atoms with Gasteiger partial charge in [0.15, 0.2) is 0 Å². The predicted octanol–water partition coefficient (Wildman–Crippen LogP) is 1.58. The van der Waals surface area contributed by atoms with Gasteiger partial charge >= 0.3 is 0 Å². The zero-order valence-electron chi connectivity index (χ0n) is 12.6. The van der Waals surface area contributed by atoms with E-state index in [9.17, 15) is 14.7 Å². The van der Waals surface area contributed by atoms with E-state index in [1.54, 1.807) is 17.0 Å². The average Bonchev–Trinajstić information content (AvgIpc) is 2.58. The third kappa shape index (κ3) is 3.34. The average molecular weight is 310 g/mol. The Balaban J connectivity index is 1.84. The molecule has 1 unspecified atom stereocenters. The van der Waals surface area contributed by atoms with Crippen molar-refractivity contribution < 1.29 is 14.7 Å². The lowest BCUT2D eigenvalue weighted by molar-refractivity contribution is -0.127. The van der Waals surface area contributed by atoms with Crippen molar-refractivity contribution in [2.45, 2.75) is 12.5 Å². The summed E-state index contributed by atoms with van der Waals surface area (Å²) in [5, 5.41) is 12.2. The van der Waals surface area contributed by atoms with Crippen molar-refractivity contribution in [3.8, 4) is 5.75 Å². The second kappa shape index (κ2) is 6.52. The van der Waals surface area contributed by atoms with Crippen LogP contribution in [0.3, 0.4) is 0 Å². The van der Waals surface area contributed by atoms with E-state index in [2.05, 4.69) is 5.32 Å². The molecule has 1 fully saturated rings. The van der Waals surface area contributed by atoms with Gasteiger partial charge < -0.3 is 15.3 Å². The molecule has 3 rings (SSSR count). The maximum absolute atomic E-state index is 12.7. The Morgan fingerprint density at radius 3 is 2.52 bits per heavy atom. The molecule has 1 aliphatic rings. The predicted molar refractivity (Wildman–Crippen MR) is 86.1 cm³/mol. The Hall–Kier alpha value is -2.82. The van der Waals surface area contributed by atoms with Gasteiger partial charge in [0.05, 0.1) is 0 Å². The fourth-order valence-electron chi connectivity index (χ4n) is 2.77. The number of carbonyl (C=O) groups excluding carboxylic acids is 2. The molecular weight excluding hydrogens is 292 g/mol. The summed E-state index contributed by atoms with van der Waals surface area (Å²) < 4.78 is 0. The van der Waals surface area contributed by atoms with Gasteiger partial charge in [0, 0.05) is 25.1 Å². The lowest BCUT2D eigenvalue weighted by Gasteiger charge is -2.35. The van der Waals surface area contributed by atoms with Gasteiger partial charge in [-0.05, 0) is 29.8 Å². The van der Waals surface area contributed by atoms with Gasteiger partial charge in [-0.25, -0.2) is 0 Å². The first-order valence-electron chi connectivity index (χ1n) is 7.57. The molecule has 2 aromatic rings. The van der Waals surface area contributed by atoms with Crippen LogP contribution in [-0.4, -0.2) is 41.0 Å². The standard InChI is InChI=1S/C18H18N2O3/c21-15-8-6-14(7-9-15)18(23)20-11-10-19-17(22)16(20)12-13-4-2-1-3-5-13/h1-9,16,21H,10-12H2,(H,19,22). The number of rotatable bonds is 3. The molecule has 23 heavy (non-hydrogen) atoms. The number of aromatic hydroxyl groups is 1. The highest BCUT2D eigenvalue weighted by atomic mass is 16.3. The lowest BCUT2D eigenvalue weighted by atomic mass is 10.0. The zero-order chi connectivity index (χ0) is 16.2. The van der Waals surface area contributed by atoms with Crippen LogP contribution < -0.4 is 5.32 Å². The van der Waals surface area contributed by atoms with Crippen molar-refractivity contribution >= 4 is 11.8 Å². The number of hydrogen-bond acceptors (Lipinski definition) is 3. The lowest BCUT2D eigenvalue weighted by Crippen LogP contribution is -2.58. The van der Waals surface area contributed by atoms with Crippen LogP contribution in [0.25, 0.3) is 0 Å². The van der Waals surface area contributed by atoms with E-state index in [-0.39, 0.29) is 17.6 Å². The second-order valence-electron chi connectivity index (χ2n) is 5.54. The van der Waals surface area contributed by atoms with E-state index in [1.165, 1.54) is 12.1 Å². The molecule has 5 nitrogen and oxygen atoms in total. The third-order valence-electron chi connectivity index (χ3n) is 3.98. The highest BCUT2D eigenvalue weighted by Gasteiger charge is 2.33. The van der Waals surface area contributed by atoms with E-state index in [0.717, 1.165) is 5.56 Å². The number of benzene rings is 2. The molecule has 1 heterocycles. The van der Waals surface area contributed by atoms with Crippen LogP contribution in [0.2, 0.25) is 0 Å².